The van der Waals surface area contributed by atoms with Crippen molar-refractivity contribution in [2.45, 2.75) is 26.4 Å². The van der Waals surface area contributed by atoms with Gasteiger partial charge in [-0.25, -0.2) is 13.7 Å². The number of hydrogen-bond donors (Lipinski definition) is 1. The van der Waals surface area contributed by atoms with Crippen molar-refractivity contribution in [1.82, 2.24) is 9.61 Å². The molecule has 10 heteroatoms. The number of aromatic nitrogens is 2. The van der Waals surface area contributed by atoms with Gasteiger partial charge in [-0.1, -0.05) is 37.3 Å². The predicted octanol–water partition coefficient (Wildman–Crippen LogP) is 3.43. The van der Waals surface area contributed by atoms with Crippen LogP contribution in [-0.2, 0) is 33.8 Å². The lowest BCUT2D eigenvalue weighted by Crippen LogP contribution is -2.24. The van der Waals surface area contributed by atoms with Gasteiger partial charge in [-0.15, -0.1) is 0 Å². The van der Waals surface area contributed by atoms with Crippen molar-refractivity contribution in [1.29, 1.82) is 0 Å². The van der Waals surface area contributed by atoms with E-state index in [2.05, 4.69) is 0 Å². The standard InChI is InChI=1S/C28H26FN3O6/c1-3-21-22(13-17-7-5-4-6-8-17)32-26(25(21)27(34)28(30)35)23(38-16-24(33)36-2)14-19(31-32)15-37-20-11-9-18(29)10-12-20/h4-12,14H,3,13,15-16H2,1-2H3,(H2,30,35). The smallest absolute Gasteiger partial charge is 0.343 e. The normalized spacial score (nSPS) is 10.8. The summed E-state index contributed by atoms with van der Waals surface area (Å²) < 4.78 is 31.1. The molecule has 2 N–H and O–H groups in total. The Morgan fingerprint density at radius 1 is 1.03 bits per heavy atom. The topological polar surface area (TPSA) is 122 Å². The average molecular weight is 520 g/mol. The van der Waals surface area contributed by atoms with Crippen LogP contribution >= 0.6 is 0 Å². The average Bonchev–Trinajstić information content (AvgIpc) is 3.24. The van der Waals surface area contributed by atoms with Crippen LogP contribution in [0, 0.1) is 5.82 Å². The number of ether oxygens (including phenoxy) is 3. The van der Waals surface area contributed by atoms with E-state index in [0.717, 1.165) is 5.56 Å². The zero-order chi connectivity index (χ0) is 27.2. The Morgan fingerprint density at radius 3 is 2.37 bits per heavy atom. The van der Waals surface area contributed by atoms with Crippen molar-refractivity contribution in [2.75, 3.05) is 13.7 Å². The summed E-state index contributed by atoms with van der Waals surface area (Å²) in [6, 6.07) is 16.6. The zero-order valence-corrected chi connectivity index (χ0v) is 20.9. The van der Waals surface area contributed by atoms with Crippen LogP contribution in [0.5, 0.6) is 11.5 Å². The van der Waals surface area contributed by atoms with Crippen molar-refractivity contribution in [3.05, 3.63) is 94.6 Å². The first-order chi connectivity index (χ1) is 18.3. The van der Waals surface area contributed by atoms with E-state index in [1.54, 1.807) is 0 Å². The molecule has 0 unspecified atom stereocenters. The second-order valence-electron chi connectivity index (χ2n) is 8.38. The van der Waals surface area contributed by atoms with Gasteiger partial charge >= 0.3 is 5.97 Å². The van der Waals surface area contributed by atoms with Gasteiger partial charge in [-0.2, -0.15) is 5.10 Å². The maximum absolute atomic E-state index is 13.3. The van der Waals surface area contributed by atoms with E-state index in [-0.39, 0.29) is 23.4 Å². The number of carbonyl (C=O) groups excluding carboxylic acids is 3. The van der Waals surface area contributed by atoms with Crippen molar-refractivity contribution in [2.24, 2.45) is 5.73 Å². The molecule has 0 saturated carbocycles. The highest BCUT2D eigenvalue weighted by Crippen LogP contribution is 2.33. The highest BCUT2D eigenvalue weighted by molar-refractivity contribution is 6.44. The Bertz CT molecular complexity index is 1480. The summed E-state index contributed by atoms with van der Waals surface area (Å²) in [5.74, 6) is -2.51. The second kappa shape index (κ2) is 11.5. The third-order valence-electron chi connectivity index (χ3n) is 5.91. The largest absolute Gasteiger partial charge is 0.487 e. The number of nitrogens with zero attached hydrogens (tertiary/aromatic N) is 2. The Hall–Kier alpha value is -4.73. The van der Waals surface area contributed by atoms with Crippen LogP contribution in [-0.4, -0.2) is 41.0 Å². The molecule has 0 radical (unpaired) electrons. The molecule has 2 aromatic carbocycles. The first kappa shape index (κ1) is 26.3. The minimum absolute atomic E-state index is 0.0281. The summed E-state index contributed by atoms with van der Waals surface area (Å²) in [6.45, 7) is 1.38. The van der Waals surface area contributed by atoms with Gasteiger partial charge in [0.1, 0.15) is 35.1 Å². The van der Waals surface area contributed by atoms with Gasteiger partial charge in [0.05, 0.1) is 18.4 Å². The number of rotatable bonds is 11. The summed E-state index contributed by atoms with van der Waals surface area (Å²) in [4.78, 5) is 37.0. The minimum atomic E-state index is -1.12. The number of esters is 1. The van der Waals surface area contributed by atoms with E-state index in [1.807, 2.05) is 37.3 Å². The number of primary amides is 1. The number of nitrogens with two attached hydrogens (primary N) is 1. The number of fused-ring (bicyclic) bond motifs is 1. The number of hydrogen-bond acceptors (Lipinski definition) is 7. The number of halogens is 1. The summed E-state index contributed by atoms with van der Waals surface area (Å²) in [5, 5.41) is 4.70. The van der Waals surface area contributed by atoms with Gasteiger partial charge in [-0.05, 0) is 41.8 Å². The van der Waals surface area contributed by atoms with E-state index in [1.165, 1.54) is 42.0 Å². The van der Waals surface area contributed by atoms with E-state index >= 15 is 0 Å². The second-order valence-corrected chi connectivity index (χ2v) is 8.38. The van der Waals surface area contributed by atoms with Crippen LogP contribution in [0.3, 0.4) is 0 Å². The van der Waals surface area contributed by atoms with Crippen molar-refractivity contribution < 1.29 is 33.0 Å². The molecule has 0 fully saturated rings. The number of carbonyl (C=O) groups is 3. The van der Waals surface area contributed by atoms with Gasteiger partial charge in [0.25, 0.3) is 11.7 Å². The molecular weight excluding hydrogens is 493 g/mol. The molecule has 196 valence electrons. The van der Waals surface area contributed by atoms with Crippen LogP contribution < -0.4 is 15.2 Å². The molecule has 1 amide bonds. The van der Waals surface area contributed by atoms with Crippen LogP contribution in [0.4, 0.5) is 4.39 Å². The molecule has 0 aliphatic carbocycles. The highest BCUT2D eigenvalue weighted by atomic mass is 19.1. The quantitative estimate of drug-likeness (QED) is 0.183. The number of Topliss-reactive ketones (excluding diaryl/α,β-unsaturated/α-hetero) is 1. The lowest BCUT2D eigenvalue weighted by Gasteiger charge is -2.13. The monoisotopic (exact) mass is 519 g/mol. The molecule has 4 aromatic rings. The zero-order valence-electron chi connectivity index (χ0n) is 20.9. The van der Waals surface area contributed by atoms with Crippen LogP contribution in [0.1, 0.15) is 39.8 Å². The third-order valence-corrected chi connectivity index (χ3v) is 5.91. The van der Waals surface area contributed by atoms with Gasteiger partial charge in [0.15, 0.2) is 6.61 Å². The molecule has 9 nitrogen and oxygen atoms in total. The molecule has 0 spiro atoms. The number of ketones is 1. The Kier molecular flexibility index (Phi) is 8.00. The number of amides is 1. The fourth-order valence-corrected chi connectivity index (χ4v) is 4.15. The Labute approximate surface area is 217 Å². The lowest BCUT2D eigenvalue weighted by molar-refractivity contribution is -0.142. The first-order valence-electron chi connectivity index (χ1n) is 11.8. The van der Waals surface area contributed by atoms with Gasteiger partial charge < -0.3 is 19.9 Å². The molecule has 4 rings (SSSR count). The molecule has 0 aliphatic rings. The first-order valence-corrected chi connectivity index (χ1v) is 11.8. The maximum Gasteiger partial charge on any atom is 0.343 e. The molecule has 0 atom stereocenters. The summed E-state index contributed by atoms with van der Waals surface area (Å²) in [7, 11) is 1.22. The molecule has 0 saturated heterocycles. The van der Waals surface area contributed by atoms with Gasteiger partial charge in [-0.3, -0.25) is 9.59 Å². The molecule has 0 bridgehead atoms. The van der Waals surface area contributed by atoms with E-state index in [0.29, 0.717) is 35.5 Å². The summed E-state index contributed by atoms with van der Waals surface area (Å²) in [5.41, 5.74) is 8.29. The SMILES string of the molecule is CCc1c(C(=O)C(N)=O)c2c(OCC(=O)OC)cc(COc3ccc(F)cc3)nn2c1Cc1ccccc1. The van der Waals surface area contributed by atoms with Crippen LogP contribution in [0.25, 0.3) is 5.52 Å². The highest BCUT2D eigenvalue weighted by Gasteiger charge is 2.29. The maximum atomic E-state index is 13.3. The van der Waals surface area contributed by atoms with Crippen LogP contribution in [0.2, 0.25) is 0 Å². The third kappa shape index (κ3) is 5.64. The van der Waals surface area contributed by atoms with Crippen molar-refractivity contribution in [3.8, 4) is 11.5 Å². The number of benzene rings is 2. The van der Waals surface area contributed by atoms with E-state index < -0.39 is 30.1 Å². The lowest BCUT2D eigenvalue weighted by atomic mass is 9.99. The van der Waals surface area contributed by atoms with Crippen LogP contribution in [0.15, 0.2) is 60.7 Å². The summed E-state index contributed by atoms with van der Waals surface area (Å²) in [6.07, 6.45) is 0.792. The minimum Gasteiger partial charge on any atom is -0.487 e. The Balaban J connectivity index is 1.90. The molecule has 2 heterocycles. The predicted molar refractivity (Wildman–Crippen MR) is 136 cm³/mol. The fraction of sp³-hybridized carbons (Fsp3) is 0.214. The summed E-state index contributed by atoms with van der Waals surface area (Å²) >= 11 is 0. The molecular formula is C28H26FN3O6. The molecule has 38 heavy (non-hydrogen) atoms. The molecule has 0 aliphatic heterocycles. The Morgan fingerprint density at radius 2 is 1.74 bits per heavy atom. The van der Waals surface area contributed by atoms with Gasteiger partial charge in [0, 0.05) is 12.5 Å². The van der Waals surface area contributed by atoms with E-state index in [4.69, 9.17) is 25.0 Å². The van der Waals surface area contributed by atoms with Crippen molar-refractivity contribution in [3.63, 3.8) is 0 Å². The van der Waals surface area contributed by atoms with E-state index in [9.17, 15) is 18.8 Å². The molecule has 2 aromatic heterocycles. The van der Waals surface area contributed by atoms with Gasteiger partial charge in [0.2, 0.25) is 0 Å². The van der Waals surface area contributed by atoms with Crippen molar-refractivity contribution >= 4 is 23.2 Å². The number of methoxy groups -OCH3 is 1. The fourth-order valence-electron chi connectivity index (χ4n) is 4.15.